The standard InChI is InChI=1S/C21H29NO4/c1-13-6-7-14(12-18(13)25-5)19(23)15-10-16-8-9-17(11-15)22(16)20(24)26-21(2,3)4/h6-7,12,15-17H,8-11H2,1-5H3. The highest BCUT2D eigenvalue weighted by atomic mass is 16.6. The Morgan fingerprint density at radius 2 is 1.73 bits per heavy atom. The number of methoxy groups -OCH3 is 1. The fourth-order valence-electron chi connectivity index (χ4n) is 4.21. The average molecular weight is 359 g/mol. The van der Waals surface area contributed by atoms with E-state index in [4.69, 9.17) is 9.47 Å². The molecule has 1 aromatic carbocycles. The molecular weight excluding hydrogens is 330 g/mol. The lowest BCUT2D eigenvalue weighted by Crippen LogP contribution is -2.49. The van der Waals surface area contributed by atoms with E-state index >= 15 is 0 Å². The van der Waals surface area contributed by atoms with Crippen LogP contribution >= 0.6 is 0 Å². The highest BCUT2D eigenvalue weighted by Gasteiger charge is 2.46. The topological polar surface area (TPSA) is 55.8 Å². The van der Waals surface area contributed by atoms with E-state index in [0.717, 1.165) is 24.2 Å². The Morgan fingerprint density at radius 1 is 1.12 bits per heavy atom. The first-order valence-electron chi connectivity index (χ1n) is 9.40. The summed E-state index contributed by atoms with van der Waals surface area (Å²) in [7, 11) is 1.62. The van der Waals surface area contributed by atoms with Gasteiger partial charge in [-0.15, -0.1) is 0 Å². The SMILES string of the molecule is COc1cc(C(=O)C2CC3CCC(C2)N3C(=O)OC(C)(C)C)ccc1C. The lowest BCUT2D eigenvalue weighted by molar-refractivity contribution is 0.00254. The van der Waals surface area contributed by atoms with Crippen molar-refractivity contribution in [2.24, 2.45) is 5.92 Å². The molecule has 2 heterocycles. The van der Waals surface area contributed by atoms with E-state index in [0.29, 0.717) is 18.4 Å². The number of hydrogen-bond acceptors (Lipinski definition) is 4. The number of aryl methyl sites for hydroxylation is 1. The van der Waals surface area contributed by atoms with Gasteiger partial charge in [-0.3, -0.25) is 4.79 Å². The van der Waals surface area contributed by atoms with Crippen LogP contribution in [-0.2, 0) is 4.74 Å². The smallest absolute Gasteiger partial charge is 0.410 e. The van der Waals surface area contributed by atoms with Gasteiger partial charge in [-0.25, -0.2) is 4.79 Å². The van der Waals surface area contributed by atoms with Crippen LogP contribution in [-0.4, -0.2) is 41.6 Å². The van der Waals surface area contributed by atoms with Crippen molar-refractivity contribution < 1.29 is 19.1 Å². The van der Waals surface area contributed by atoms with Crippen LogP contribution in [0, 0.1) is 12.8 Å². The number of ketones is 1. The molecule has 2 fully saturated rings. The summed E-state index contributed by atoms with van der Waals surface area (Å²) in [6.07, 6.45) is 3.08. The molecule has 1 aromatic rings. The molecule has 142 valence electrons. The van der Waals surface area contributed by atoms with Crippen LogP contribution in [0.2, 0.25) is 0 Å². The van der Waals surface area contributed by atoms with E-state index < -0.39 is 5.60 Å². The number of amides is 1. The van der Waals surface area contributed by atoms with Crippen LogP contribution < -0.4 is 4.74 Å². The molecule has 5 nitrogen and oxygen atoms in total. The van der Waals surface area contributed by atoms with Crippen LogP contribution in [0.25, 0.3) is 0 Å². The van der Waals surface area contributed by atoms with Gasteiger partial charge < -0.3 is 14.4 Å². The van der Waals surface area contributed by atoms with E-state index in [1.165, 1.54) is 0 Å². The van der Waals surface area contributed by atoms with Crippen molar-refractivity contribution in [1.29, 1.82) is 0 Å². The van der Waals surface area contributed by atoms with Crippen LogP contribution in [0.4, 0.5) is 4.79 Å². The summed E-state index contributed by atoms with van der Waals surface area (Å²) in [5, 5.41) is 0. The highest BCUT2D eigenvalue weighted by Crippen LogP contribution is 2.41. The zero-order valence-electron chi connectivity index (χ0n) is 16.4. The molecule has 0 saturated carbocycles. The van der Waals surface area contributed by atoms with Crippen LogP contribution in [0.1, 0.15) is 62.4 Å². The Kier molecular flexibility index (Phi) is 5.00. The predicted molar refractivity (Wildman–Crippen MR) is 99.7 cm³/mol. The third-order valence-electron chi connectivity index (χ3n) is 5.40. The summed E-state index contributed by atoms with van der Waals surface area (Å²) < 4.78 is 10.9. The molecular formula is C21H29NO4. The number of fused-ring (bicyclic) bond motifs is 2. The van der Waals surface area contributed by atoms with Gasteiger partial charge in [0.05, 0.1) is 7.11 Å². The van der Waals surface area contributed by atoms with Gasteiger partial charge in [-0.2, -0.15) is 0 Å². The minimum atomic E-state index is -0.498. The quantitative estimate of drug-likeness (QED) is 0.752. The van der Waals surface area contributed by atoms with Crippen molar-refractivity contribution in [3.8, 4) is 5.75 Å². The molecule has 26 heavy (non-hydrogen) atoms. The predicted octanol–water partition coefficient (Wildman–Crippen LogP) is 4.36. The summed E-state index contributed by atoms with van der Waals surface area (Å²) in [4.78, 5) is 27.4. The van der Waals surface area contributed by atoms with E-state index in [2.05, 4.69) is 0 Å². The van der Waals surface area contributed by atoms with Crippen LogP contribution in [0.5, 0.6) is 5.75 Å². The summed E-state index contributed by atoms with van der Waals surface area (Å²) >= 11 is 0. The van der Waals surface area contributed by atoms with E-state index in [1.807, 2.05) is 50.8 Å². The third kappa shape index (κ3) is 3.71. The van der Waals surface area contributed by atoms with Crippen molar-refractivity contribution in [1.82, 2.24) is 4.90 Å². The first kappa shape index (κ1) is 18.7. The molecule has 0 N–H and O–H groups in total. The normalized spacial score (nSPS) is 25.1. The van der Waals surface area contributed by atoms with Gasteiger partial charge in [-0.05, 0) is 65.0 Å². The van der Waals surface area contributed by atoms with Gasteiger partial charge in [0.25, 0.3) is 0 Å². The fraction of sp³-hybridized carbons (Fsp3) is 0.619. The second-order valence-corrected chi connectivity index (χ2v) is 8.49. The number of carbonyl (C=O) groups excluding carboxylic acids is 2. The Bertz CT molecular complexity index is 692. The minimum absolute atomic E-state index is 0.0430. The summed E-state index contributed by atoms with van der Waals surface area (Å²) in [5.74, 6) is 0.854. The monoisotopic (exact) mass is 359 g/mol. The second kappa shape index (κ2) is 6.93. The van der Waals surface area contributed by atoms with Crippen LogP contribution in [0.15, 0.2) is 18.2 Å². The molecule has 0 spiro atoms. The molecule has 5 heteroatoms. The Hall–Kier alpha value is -2.04. The van der Waals surface area contributed by atoms with Gasteiger partial charge in [-0.1, -0.05) is 12.1 Å². The van der Waals surface area contributed by atoms with E-state index in [9.17, 15) is 9.59 Å². The van der Waals surface area contributed by atoms with Gasteiger partial charge >= 0.3 is 6.09 Å². The summed E-state index contributed by atoms with van der Waals surface area (Å²) in [5.41, 5.74) is 1.22. The molecule has 2 saturated heterocycles. The number of benzene rings is 1. The zero-order chi connectivity index (χ0) is 19.1. The number of hydrogen-bond donors (Lipinski definition) is 0. The van der Waals surface area contributed by atoms with E-state index in [-0.39, 0.29) is 29.9 Å². The van der Waals surface area contributed by atoms with Gasteiger partial charge in [0.15, 0.2) is 5.78 Å². The maximum atomic E-state index is 13.0. The average Bonchev–Trinajstić information content (AvgIpc) is 2.83. The number of ether oxygens (including phenoxy) is 2. The summed E-state index contributed by atoms with van der Waals surface area (Å²) in [6.45, 7) is 7.61. The molecule has 2 atom stereocenters. The molecule has 2 aliphatic heterocycles. The number of piperidine rings is 1. The van der Waals surface area contributed by atoms with Crippen molar-refractivity contribution in [3.05, 3.63) is 29.3 Å². The minimum Gasteiger partial charge on any atom is -0.496 e. The Balaban J connectivity index is 1.72. The van der Waals surface area contributed by atoms with Gasteiger partial charge in [0, 0.05) is 23.6 Å². The summed E-state index contributed by atoms with van der Waals surface area (Å²) in [6, 6.07) is 5.84. The first-order valence-corrected chi connectivity index (χ1v) is 9.40. The number of carbonyl (C=O) groups is 2. The molecule has 1 amide bonds. The third-order valence-corrected chi connectivity index (χ3v) is 5.40. The van der Waals surface area contributed by atoms with Crippen molar-refractivity contribution in [2.45, 2.75) is 71.1 Å². The van der Waals surface area contributed by atoms with Crippen LogP contribution in [0.3, 0.4) is 0 Å². The lowest BCUT2D eigenvalue weighted by atomic mass is 9.84. The number of rotatable bonds is 3. The lowest BCUT2D eigenvalue weighted by Gasteiger charge is -2.39. The largest absolute Gasteiger partial charge is 0.496 e. The van der Waals surface area contributed by atoms with Crippen molar-refractivity contribution in [2.75, 3.05) is 7.11 Å². The van der Waals surface area contributed by atoms with E-state index in [1.54, 1.807) is 7.11 Å². The Labute approximate surface area is 155 Å². The Morgan fingerprint density at radius 3 is 2.27 bits per heavy atom. The second-order valence-electron chi connectivity index (χ2n) is 8.49. The molecule has 0 aromatic heterocycles. The van der Waals surface area contributed by atoms with Gasteiger partial charge in [0.2, 0.25) is 0 Å². The molecule has 2 aliphatic rings. The van der Waals surface area contributed by atoms with Crippen molar-refractivity contribution in [3.63, 3.8) is 0 Å². The maximum Gasteiger partial charge on any atom is 0.410 e. The molecule has 3 rings (SSSR count). The fourth-order valence-corrected chi connectivity index (χ4v) is 4.21. The molecule has 0 aliphatic carbocycles. The number of Topliss-reactive ketones (excluding diaryl/α,β-unsaturated/α-hetero) is 1. The first-order chi connectivity index (χ1) is 12.2. The van der Waals surface area contributed by atoms with Gasteiger partial charge in [0.1, 0.15) is 11.4 Å². The zero-order valence-corrected chi connectivity index (χ0v) is 16.4. The number of nitrogens with zero attached hydrogens (tertiary/aromatic N) is 1. The maximum absolute atomic E-state index is 13.0. The molecule has 2 unspecified atom stereocenters. The highest BCUT2D eigenvalue weighted by molar-refractivity contribution is 5.98. The van der Waals surface area contributed by atoms with Crippen molar-refractivity contribution >= 4 is 11.9 Å². The molecule has 0 radical (unpaired) electrons. The molecule has 2 bridgehead atoms.